The molecule has 0 bridgehead atoms. The highest BCUT2D eigenvalue weighted by Crippen LogP contribution is 2.26. The molecule has 0 spiro atoms. The number of nitrogens with zero attached hydrogens (tertiary/aromatic N) is 1. The number of hydrogen-bond acceptors (Lipinski definition) is 5. The third kappa shape index (κ3) is 3.63. The summed E-state index contributed by atoms with van der Waals surface area (Å²) in [5, 5.41) is 13.5. The number of nitro benzene ring substituents is 1. The molecule has 6 nitrogen and oxygen atoms in total. The van der Waals surface area contributed by atoms with Gasteiger partial charge in [0, 0.05) is 12.8 Å². The molecule has 0 unspecified atom stereocenters. The van der Waals surface area contributed by atoms with Crippen LogP contribution in [0.15, 0.2) is 18.2 Å². The van der Waals surface area contributed by atoms with Crippen molar-refractivity contribution < 1.29 is 17.7 Å². The van der Waals surface area contributed by atoms with E-state index in [1.807, 2.05) is 0 Å². The zero-order chi connectivity index (χ0) is 14.8. The van der Waals surface area contributed by atoms with Crippen molar-refractivity contribution >= 4 is 21.2 Å². The third-order valence-electron chi connectivity index (χ3n) is 2.86. The molecular weight excluding hydrogens is 275 g/mol. The van der Waals surface area contributed by atoms with Gasteiger partial charge in [0.05, 0.1) is 15.7 Å². The summed E-state index contributed by atoms with van der Waals surface area (Å²) in [6.45, 7) is 2.99. The van der Waals surface area contributed by atoms with Gasteiger partial charge in [0.2, 0.25) is 0 Å². The lowest BCUT2D eigenvalue weighted by Gasteiger charge is -2.23. The topological polar surface area (TPSA) is 89.3 Å². The summed E-state index contributed by atoms with van der Waals surface area (Å²) in [7, 11) is -3.32. The van der Waals surface area contributed by atoms with Crippen molar-refractivity contribution in [3.05, 3.63) is 34.1 Å². The summed E-state index contributed by atoms with van der Waals surface area (Å²) in [6.07, 6.45) is 1.09. The van der Waals surface area contributed by atoms with E-state index in [2.05, 4.69) is 5.32 Å². The van der Waals surface area contributed by atoms with Crippen LogP contribution in [-0.4, -0.2) is 30.9 Å². The van der Waals surface area contributed by atoms with Crippen molar-refractivity contribution in [1.82, 2.24) is 0 Å². The first kappa shape index (κ1) is 15.4. The lowest BCUT2D eigenvalue weighted by Crippen LogP contribution is -2.38. The van der Waals surface area contributed by atoms with Gasteiger partial charge < -0.3 is 5.32 Å². The van der Waals surface area contributed by atoms with Crippen molar-refractivity contribution in [2.24, 2.45) is 0 Å². The maximum Gasteiger partial charge on any atom is 0.295 e. The minimum atomic E-state index is -3.32. The Balaban J connectivity index is 2.99. The highest BCUT2D eigenvalue weighted by Gasteiger charge is 2.30. The second-order valence-electron chi connectivity index (χ2n) is 4.80. The molecule has 0 fully saturated rings. The predicted molar refractivity (Wildman–Crippen MR) is 70.5 cm³/mol. The van der Waals surface area contributed by atoms with Gasteiger partial charge in [0.1, 0.15) is 11.5 Å². The maximum atomic E-state index is 12.9. The van der Waals surface area contributed by atoms with Crippen LogP contribution in [0, 0.1) is 15.9 Å². The molecule has 0 heterocycles. The van der Waals surface area contributed by atoms with Crippen LogP contribution in [0.3, 0.4) is 0 Å². The molecule has 0 amide bonds. The Morgan fingerprint density at radius 1 is 1.42 bits per heavy atom. The monoisotopic (exact) mass is 290 g/mol. The van der Waals surface area contributed by atoms with Crippen LogP contribution in [0.2, 0.25) is 0 Å². The van der Waals surface area contributed by atoms with Gasteiger partial charge in [0.15, 0.2) is 9.84 Å². The number of nitrogens with one attached hydrogen (secondary N) is 1. The van der Waals surface area contributed by atoms with Gasteiger partial charge in [-0.15, -0.1) is 0 Å². The van der Waals surface area contributed by atoms with Crippen molar-refractivity contribution in [1.29, 1.82) is 0 Å². The van der Waals surface area contributed by atoms with Crippen molar-refractivity contribution in [3.63, 3.8) is 0 Å². The average molecular weight is 290 g/mol. The smallest absolute Gasteiger partial charge is 0.295 e. The standard InChI is InChI=1S/C11H15FN2O4S/c1-11(2,19(3,17)18)7-13-9-5-4-8(12)6-10(9)14(15)16/h4-6,13H,7H2,1-3H3. The Bertz CT molecular complexity index is 599. The van der Waals surface area contributed by atoms with Crippen LogP contribution in [0.4, 0.5) is 15.8 Å². The zero-order valence-electron chi connectivity index (χ0n) is 10.8. The fourth-order valence-corrected chi connectivity index (χ4v) is 1.58. The number of benzene rings is 1. The largest absolute Gasteiger partial charge is 0.378 e. The van der Waals surface area contributed by atoms with Crippen molar-refractivity contribution in [2.75, 3.05) is 18.1 Å². The fraction of sp³-hybridized carbons (Fsp3) is 0.455. The SMILES string of the molecule is CC(C)(CNc1ccc(F)cc1[N+](=O)[O-])S(C)(=O)=O. The summed E-state index contributed by atoms with van der Waals surface area (Å²) < 4.78 is 34.9. The fourth-order valence-electron chi connectivity index (χ4n) is 1.24. The van der Waals surface area contributed by atoms with Gasteiger partial charge in [-0.05, 0) is 26.0 Å². The van der Waals surface area contributed by atoms with E-state index in [0.29, 0.717) is 0 Å². The Labute approximate surface area is 110 Å². The van der Waals surface area contributed by atoms with E-state index in [4.69, 9.17) is 0 Å². The van der Waals surface area contributed by atoms with E-state index >= 15 is 0 Å². The van der Waals surface area contributed by atoms with E-state index in [1.54, 1.807) is 0 Å². The first-order valence-electron chi connectivity index (χ1n) is 5.42. The van der Waals surface area contributed by atoms with Gasteiger partial charge in [-0.2, -0.15) is 0 Å². The van der Waals surface area contributed by atoms with E-state index in [1.165, 1.54) is 19.9 Å². The van der Waals surface area contributed by atoms with Gasteiger partial charge >= 0.3 is 0 Å². The predicted octanol–water partition coefficient (Wildman–Crippen LogP) is 1.97. The molecule has 0 aliphatic heterocycles. The van der Waals surface area contributed by atoms with Crippen molar-refractivity contribution in [2.45, 2.75) is 18.6 Å². The minimum Gasteiger partial charge on any atom is -0.378 e. The van der Waals surface area contributed by atoms with Crippen LogP contribution in [0.1, 0.15) is 13.8 Å². The van der Waals surface area contributed by atoms with E-state index < -0.39 is 31.0 Å². The van der Waals surface area contributed by atoms with Crippen LogP contribution >= 0.6 is 0 Å². The number of halogens is 1. The molecule has 0 atom stereocenters. The maximum absolute atomic E-state index is 12.9. The number of anilines is 1. The molecule has 106 valence electrons. The molecule has 0 aliphatic carbocycles. The molecule has 0 saturated carbocycles. The summed E-state index contributed by atoms with van der Waals surface area (Å²) >= 11 is 0. The number of rotatable bonds is 5. The highest BCUT2D eigenvalue weighted by molar-refractivity contribution is 7.92. The van der Waals surface area contributed by atoms with Gasteiger partial charge in [0.25, 0.3) is 5.69 Å². The molecule has 8 heteroatoms. The van der Waals surface area contributed by atoms with Gasteiger partial charge in [-0.25, -0.2) is 12.8 Å². The van der Waals surface area contributed by atoms with E-state index in [0.717, 1.165) is 18.4 Å². The quantitative estimate of drug-likeness (QED) is 0.661. The zero-order valence-corrected chi connectivity index (χ0v) is 11.6. The third-order valence-corrected chi connectivity index (χ3v) is 5.02. The molecule has 0 saturated heterocycles. The Morgan fingerprint density at radius 2 is 2.00 bits per heavy atom. The normalized spacial score (nSPS) is 12.2. The Hall–Kier alpha value is -1.70. The molecule has 19 heavy (non-hydrogen) atoms. The van der Waals surface area contributed by atoms with E-state index in [-0.39, 0.29) is 12.2 Å². The van der Waals surface area contributed by atoms with Crippen LogP contribution in [0.5, 0.6) is 0 Å². The molecular formula is C11H15FN2O4S. The first-order valence-corrected chi connectivity index (χ1v) is 7.31. The summed E-state index contributed by atoms with van der Waals surface area (Å²) in [5.74, 6) is -0.723. The molecule has 1 aromatic carbocycles. The second kappa shape index (κ2) is 5.12. The lowest BCUT2D eigenvalue weighted by atomic mass is 10.2. The summed E-state index contributed by atoms with van der Waals surface area (Å²) in [6, 6.07) is 3.07. The highest BCUT2D eigenvalue weighted by atomic mass is 32.2. The Morgan fingerprint density at radius 3 is 2.47 bits per heavy atom. The molecule has 1 N–H and O–H groups in total. The molecule has 0 aromatic heterocycles. The average Bonchev–Trinajstić information content (AvgIpc) is 2.25. The molecule has 1 rings (SSSR count). The minimum absolute atomic E-state index is 0.0156. The van der Waals surface area contributed by atoms with Gasteiger partial charge in [-0.3, -0.25) is 10.1 Å². The van der Waals surface area contributed by atoms with E-state index in [9.17, 15) is 22.9 Å². The number of nitro groups is 1. The molecule has 0 radical (unpaired) electrons. The Kier molecular flexibility index (Phi) is 4.14. The van der Waals surface area contributed by atoms with Crippen LogP contribution in [-0.2, 0) is 9.84 Å². The number of hydrogen-bond donors (Lipinski definition) is 1. The number of sulfone groups is 1. The molecule has 0 aliphatic rings. The van der Waals surface area contributed by atoms with Crippen LogP contribution < -0.4 is 5.32 Å². The summed E-state index contributed by atoms with van der Waals surface area (Å²) in [5.41, 5.74) is -0.340. The van der Waals surface area contributed by atoms with Crippen molar-refractivity contribution in [3.8, 4) is 0 Å². The second-order valence-corrected chi connectivity index (χ2v) is 7.45. The van der Waals surface area contributed by atoms with Crippen LogP contribution in [0.25, 0.3) is 0 Å². The summed E-state index contributed by atoms with van der Waals surface area (Å²) in [4.78, 5) is 10.1. The lowest BCUT2D eigenvalue weighted by molar-refractivity contribution is -0.384. The first-order chi connectivity index (χ1) is 8.54. The molecule has 1 aromatic rings. The van der Waals surface area contributed by atoms with Gasteiger partial charge in [-0.1, -0.05) is 0 Å².